The van der Waals surface area contributed by atoms with E-state index in [1.165, 1.54) is 51.4 Å². The topological polar surface area (TPSA) is 37.3 Å². The van der Waals surface area contributed by atoms with Crippen LogP contribution in [-0.2, 0) is 10.8 Å². The molecule has 1 N–H and O–H groups in total. The fraction of sp³-hybridized carbons (Fsp3) is 0.696. The van der Waals surface area contributed by atoms with Crippen LogP contribution in [-0.4, -0.2) is 11.1 Å². The maximum atomic E-state index is 12.5. The van der Waals surface area contributed by atoms with Crippen molar-refractivity contribution in [2.75, 3.05) is 0 Å². The number of benzene rings is 1. The normalized spacial score (nSPS) is 44.6. The van der Waals surface area contributed by atoms with Crippen molar-refractivity contribution in [3.8, 4) is 0 Å². The predicted octanol–water partition coefficient (Wildman–Crippen LogP) is 5.54. The maximum Gasteiger partial charge on any atom is 0.336 e. The lowest BCUT2D eigenvalue weighted by atomic mass is 9.64. The van der Waals surface area contributed by atoms with Gasteiger partial charge in [-0.1, -0.05) is 44.9 Å². The van der Waals surface area contributed by atoms with E-state index in [1.807, 2.05) is 0 Å². The van der Waals surface area contributed by atoms with Crippen molar-refractivity contribution in [1.82, 2.24) is 0 Å². The van der Waals surface area contributed by atoms with Crippen molar-refractivity contribution in [1.29, 1.82) is 0 Å². The van der Waals surface area contributed by atoms with Crippen molar-refractivity contribution in [3.05, 3.63) is 34.9 Å². The standard InChI is InChI=1S/C23H30O2/c1-22(12-14-6-8-16(22)10-14)18-4-3-5-19(20(18)21(24)25)23(2)13-15-7-9-17(23)11-15/h3-5,14-17H,6-13H2,1-2H3,(H,24,25). The summed E-state index contributed by atoms with van der Waals surface area (Å²) in [6, 6.07) is 6.44. The molecule has 0 radical (unpaired) electrons. The van der Waals surface area contributed by atoms with Crippen LogP contribution in [0.25, 0.3) is 0 Å². The summed E-state index contributed by atoms with van der Waals surface area (Å²) in [6.07, 6.45) is 10.3. The molecule has 4 aliphatic carbocycles. The highest BCUT2D eigenvalue weighted by Gasteiger charge is 2.53. The molecule has 4 fully saturated rings. The number of carboxylic acids is 1. The van der Waals surface area contributed by atoms with Gasteiger partial charge < -0.3 is 5.11 Å². The monoisotopic (exact) mass is 338 g/mol. The summed E-state index contributed by atoms with van der Waals surface area (Å²) in [4.78, 5) is 12.5. The zero-order chi connectivity index (χ0) is 17.4. The van der Waals surface area contributed by atoms with Crippen LogP contribution in [0, 0.1) is 23.7 Å². The minimum Gasteiger partial charge on any atom is -0.478 e. The molecule has 25 heavy (non-hydrogen) atoms. The number of carboxylic acid groups (broad SMARTS) is 1. The van der Waals surface area contributed by atoms with Crippen molar-refractivity contribution in [2.45, 2.75) is 76.0 Å². The van der Waals surface area contributed by atoms with Gasteiger partial charge in [-0.2, -0.15) is 0 Å². The predicted molar refractivity (Wildman–Crippen MR) is 99.0 cm³/mol. The third-order valence-electron chi connectivity index (χ3n) is 8.82. The van der Waals surface area contributed by atoms with E-state index in [1.54, 1.807) is 0 Å². The lowest BCUT2D eigenvalue weighted by Gasteiger charge is -2.40. The molecule has 1 aromatic carbocycles. The largest absolute Gasteiger partial charge is 0.478 e. The third kappa shape index (κ3) is 2.06. The molecule has 0 aliphatic heterocycles. The van der Waals surface area contributed by atoms with Crippen LogP contribution >= 0.6 is 0 Å². The Kier molecular flexibility index (Phi) is 3.25. The highest BCUT2D eigenvalue weighted by molar-refractivity contribution is 5.92. The summed E-state index contributed by atoms with van der Waals surface area (Å²) in [6.45, 7) is 4.71. The SMILES string of the molecule is CC1(c2cccc(C3(C)CC4CCC3C4)c2C(=O)O)CC2CCC1C2. The Hall–Kier alpha value is -1.31. The summed E-state index contributed by atoms with van der Waals surface area (Å²) in [5.41, 5.74) is 3.11. The van der Waals surface area contributed by atoms with Crippen LogP contribution in [0.2, 0.25) is 0 Å². The van der Waals surface area contributed by atoms with Gasteiger partial charge in [0.05, 0.1) is 5.56 Å². The Balaban J connectivity index is 1.65. The van der Waals surface area contributed by atoms with Gasteiger partial charge in [-0.25, -0.2) is 4.79 Å². The molecule has 4 saturated carbocycles. The Labute approximate surface area is 151 Å². The number of rotatable bonds is 3. The molecular formula is C23H30O2. The number of hydrogen-bond donors (Lipinski definition) is 1. The Morgan fingerprint density at radius 2 is 1.40 bits per heavy atom. The molecule has 6 unspecified atom stereocenters. The van der Waals surface area contributed by atoms with E-state index in [0.29, 0.717) is 17.4 Å². The molecule has 5 rings (SSSR count). The molecule has 4 bridgehead atoms. The molecule has 6 atom stereocenters. The first-order valence-electron chi connectivity index (χ1n) is 10.3. The van der Waals surface area contributed by atoms with E-state index < -0.39 is 5.97 Å². The summed E-state index contributed by atoms with van der Waals surface area (Å²) in [5, 5.41) is 10.2. The van der Waals surface area contributed by atoms with E-state index in [0.717, 1.165) is 23.0 Å². The van der Waals surface area contributed by atoms with Gasteiger partial charge >= 0.3 is 5.97 Å². The Morgan fingerprint density at radius 1 is 0.920 bits per heavy atom. The smallest absolute Gasteiger partial charge is 0.336 e. The van der Waals surface area contributed by atoms with Crippen molar-refractivity contribution in [3.63, 3.8) is 0 Å². The van der Waals surface area contributed by atoms with Crippen molar-refractivity contribution < 1.29 is 9.90 Å². The molecule has 0 amide bonds. The van der Waals surface area contributed by atoms with E-state index in [-0.39, 0.29) is 10.8 Å². The summed E-state index contributed by atoms with van der Waals surface area (Å²) >= 11 is 0. The van der Waals surface area contributed by atoms with E-state index >= 15 is 0 Å². The van der Waals surface area contributed by atoms with Gasteiger partial charge in [0.2, 0.25) is 0 Å². The number of carbonyl (C=O) groups is 1. The molecule has 2 nitrogen and oxygen atoms in total. The average molecular weight is 338 g/mol. The summed E-state index contributed by atoms with van der Waals surface area (Å²) in [5.74, 6) is 2.30. The first kappa shape index (κ1) is 15.9. The zero-order valence-electron chi connectivity index (χ0n) is 15.6. The second-order valence-electron chi connectivity index (χ2n) is 10.0. The minimum absolute atomic E-state index is 0.0701. The molecule has 134 valence electrons. The second kappa shape index (κ2) is 5.11. The van der Waals surface area contributed by atoms with Gasteiger partial charge in [0.15, 0.2) is 0 Å². The second-order valence-corrected chi connectivity index (χ2v) is 10.0. The molecule has 4 aliphatic rings. The fourth-order valence-corrected chi connectivity index (χ4v) is 7.61. The first-order valence-corrected chi connectivity index (χ1v) is 10.3. The van der Waals surface area contributed by atoms with Gasteiger partial charge in [-0.3, -0.25) is 0 Å². The molecule has 0 spiro atoms. The summed E-state index contributed by atoms with van der Waals surface area (Å²) in [7, 11) is 0. The molecule has 0 aromatic heterocycles. The van der Waals surface area contributed by atoms with Gasteiger partial charge in [-0.15, -0.1) is 0 Å². The van der Waals surface area contributed by atoms with Crippen molar-refractivity contribution in [2.24, 2.45) is 23.7 Å². The number of hydrogen-bond acceptors (Lipinski definition) is 1. The molecule has 1 aromatic rings. The van der Waals surface area contributed by atoms with Gasteiger partial charge in [0.1, 0.15) is 0 Å². The third-order valence-corrected chi connectivity index (χ3v) is 8.82. The van der Waals surface area contributed by atoms with Crippen LogP contribution < -0.4 is 0 Å². The van der Waals surface area contributed by atoms with E-state index in [2.05, 4.69) is 32.0 Å². The zero-order valence-corrected chi connectivity index (χ0v) is 15.6. The van der Waals surface area contributed by atoms with E-state index in [9.17, 15) is 9.90 Å². The van der Waals surface area contributed by atoms with Crippen LogP contribution in [0.3, 0.4) is 0 Å². The first-order chi connectivity index (χ1) is 11.9. The minimum atomic E-state index is -0.696. The molecule has 2 heteroatoms. The number of fused-ring (bicyclic) bond motifs is 4. The van der Waals surface area contributed by atoms with E-state index in [4.69, 9.17) is 0 Å². The van der Waals surface area contributed by atoms with Gasteiger partial charge in [0, 0.05) is 0 Å². The quantitative estimate of drug-likeness (QED) is 0.785. The van der Waals surface area contributed by atoms with Crippen LogP contribution in [0.15, 0.2) is 18.2 Å². The maximum absolute atomic E-state index is 12.5. The summed E-state index contributed by atoms with van der Waals surface area (Å²) < 4.78 is 0. The van der Waals surface area contributed by atoms with Crippen LogP contribution in [0.5, 0.6) is 0 Å². The lowest BCUT2D eigenvalue weighted by Crippen LogP contribution is -2.35. The van der Waals surface area contributed by atoms with Crippen molar-refractivity contribution >= 4 is 5.97 Å². The molecule has 0 heterocycles. The van der Waals surface area contributed by atoms with Gasteiger partial charge in [0.25, 0.3) is 0 Å². The fourth-order valence-electron chi connectivity index (χ4n) is 7.61. The molecule has 0 saturated heterocycles. The Morgan fingerprint density at radius 3 is 1.72 bits per heavy atom. The number of aromatic carboxylic acids is 1. The highest BCUT2D eigenvalue weighted by Crippen LogP contribution is 2.60. The lowest BCUT2D eigenvalue weighted by molar-refractivity contribution is 0.0687. The van der Waals surface area contributed by atoms with Crippen LogP contribution in [0.1, 0.15) is 86.7 Å². The Bertz CT molecular complexity index is 685. The average Bonchev–Trinajstić information content (AvgIpc) is 3.34. The van der Waals surface area contributed by atoms with Crippen LogP contribution in [0.4, 0.5) is 0 Å². The molecular weight excluding hydrogens is 308 g/mol. The van der Waals surface area contributed by atoms with Gasteiger partial charge in [-0.05, 0) is 84.2 Å². The highest BCUT2D eigenvalue weighted by atomic mass is 16.4.